The maximum Gasteiger partial charge on any atom is 0.339 e. The molecule has 2 N–H and O–H groups in total. The molecule has 6 heteroatoms. The molecule has 0 saturated heterocycles. The third-order valence-electron chi connectivity index (χ3n) is 3.48. The molecular weight excluding hydrogens is 272 g/mol. The number of methoxy groups -OCH3 is 1. The average Bonchev–Trinajstić information content (AvgIpc) is 2.77. The summed E-state index contributed by atoms with van der Waals surface area (Å²) in [5.41, 5.74) is 1.99. The number of amides is 1. The van der Waals surface area contributed by atoms with Crippen molar-refractivity contribution in [1.29, 1.82) is 0 Å². The van der Waals surface area contributed by atoms with Crippen LogP contribution in [0.2, 0.25) is 0 Å². The topological polar surface area (TPSA) is 82.6 Å². The van der Waals surface area contributed by atoms with Crippen LogP contribution in [0.5, 0.6) is 0 Å². The molecule has 0 unspecified atom stereocenters. The minimum Gasteiger partial charge on any atom is -0.465 e. The molecule has 1 amide bonds. The lowest BCUT2D eigenvalue weighted by Crippen LogP contribution is -2.35. The van der Waals surface area contributed by atoms with E-state index in [1.165, 1.54) is 7.11 Å². The molecule has 0 radical (unpaired) electrons. The first kappa shape index (κ1) is 17.2. The third kappa shape index (κ3) is 3.85. The Morgan fingerprint density at radius 3 is 2.48 bits per heavy atom. The van der Waals surface area contributed by atoms with E-state index >= 15 is 0 Å². The highest BCUT2D eigenvalue weighted by atomic mass is 16.5. The monoisotopic (exact) mass is 296 g/mol. The molecule has 0 atom stereocenters. The number of hydrogen-bond donors (Lipinski definition) is 2. The van der Waals surface area contributed by atoms with E-state index in [1.54, 1.807) is 18.7 Å². The molecule has 21 heavy (non-hydrogen) atoms. The van der Waals surface area contributed by atoms with Crippen molar-refractivity contribution in [1.82, 2.24) is 9.88 Å². The minimum atomic E-state index is -0.456. The fraction of sp³-hybridized carbons (Fsp3) is 0.600. The summed E-state index contributed by atoms with van der Waals surface area (Å²) < 4.78 is 4.74. The zero-order valence-electron chi connectivity index (χ0n) is 13.2. The van der Waals surface area contributed by atoms with Gasteiger partial charge in [-0.15, -0.1) is 0 Å². The van der Waals surface area contributed by atoms with Gasteiger partial charge in [0.1, 0.15) is 5.69 Å². The van der Waals surface area contributed by atoms with E-state index < -0.39 is 5.97 Å². The smallest absolute Gasteiger partial charge is 0.339 e. The summed E-state index contributed by atoms with van der Waals surface area (Å²) in [7, 11) is 1.31. The van der Waals surface area contributed by atoms with E-state index in [2.05, 4.69) is 4.98 Å². The lowest BCUT2D eigenvalue weighted by molar-refractivity contribution is 0.0599. The summed E-state index contributed by atoms with van der Waals surface area (Å²) in [6, 6.07) is 0. The van der Waals surface area contributed by atoms with Crippen LogP contribution in [0.25, 0.3) is 0 Å². The number of ether oxygens (including phenoxy) is 1. The molecular formula is C15H24N2O4. The van der Waals surface area contributed by atoms with Crippen LogP contribution in [0, 0.1) is 13.8 Å². The third-order valence-corrected chi connectivity index (χ3v) is 3.48. The molecule has 1 heterocycles. The first-order chi connectivity index (χ1) is 9.97. The number of carbonyl (C=O) groups excluding carboxylic acids is 2. The van der Waals surface area contributed by atoms with Gasteiger partial charge in [0.2, 0.25) is 0 Å². The first-order valence-corrected chi connectivity index (χ1v) is 7.15. The Bertz CT molecular complexity index is 508. The molecule has 1 aromatic heterocycles. The SMILES string of the molecule is CCCCN(CCO)C(=O)c1[nH]c(C)c(C(=O)OC)c1C. The molecule has 0 aliphatic carbocycles. The van der Waals surface area contributed by atoms with Crippen LogP contribution < -0.4 is 0 Å². The standard InChI is InChI=1S/C15H24N2O4/c1-5-6-7-17(8-9-18)14(19)13-10(2)12(11(3)16-13)15(20)21-4/h16,18H,5-9H2,1-4H3. The number of nitrogens with one attached hydrogen (secondary N) is 1. The lowest BCUT2D eigenvalue weighted by Gasteiger charge is -2.21. The number of hydrogen-bond acceptors (Lipinski definition) is 4. The number of aliphatic hydroxyl groups is 1. The number of unbranched alkanes of at least 4 members (excludes halogenated alkanes) is 1. The Balaban J connectivity index is 3.08. The van der Waals surface area contributed by atoms with Gasteiger partial charge in [-0.05, 0) is 25.8 Å². The Morgan fingerprint density at radius 1 is 1.29 bits per heavy atom. The molecule has 0 spiro atoms. The van der Waals surface area contributed by atoms with Crippen LogP contribution in [-0.2, 0) is 4.74 Å². The Labute approximate surface area is 125 Å². The van der Waals surface area contributed by atoms with E-state index in [0.717, 1.165) is 12.8 Å². The maximum absolute atomic E-state index is 12.6. The van der Waals surface area contributed by atoms with E-state index in [4.69, 9.17) is 9.84 Å². The molecule has 6 nitrogen and oxygen atoms in total. The van der Waals surface area contributed by atoms with Crippen molar-refractivity contribution in [2.24, 2.45) is 0 Å². The number of aliphatic hydroxyl groups excluding tert-OH is 1. The zero-order chi connectivity index (χ0) is 16.0. The van der Waals surface area contributed by atoms with Gasteiger partial charge in [-0.2, -0.15) is 0 Å². The lowest BCUT2D eigenvalue weighted by atomic mass is 10.1. The van der Waals surface area contributed by atoms with Gasteiger partial charge in [-0.25, -0.2) is 4.79 Å². The van der Waals surface area contributed by atoms with Gasteiger partial charge < -0.3 is 19.7 Å². The van der Waals surface area contributed by atoms with Gasteiger partial charge in [0.05, 0.1) is 19.3 Å². The number of nitrogens with zero attached hydrogens (tertiary/aromatic N) is 1. The fourth-order valence-electron chi connectivity index (χ4n) is 2.31. The van der Waals surface area contributed by atoms with Crippen molar-refractivity contribution >= 4 is 11.9 Å². The van der Waals surface area contributed by atoms with Crippen molar-refractivity contribution in [3.05, 3.63) is 22.5 Å². The molecule has 0 aliphatic rings. The number of aromatic amines is 1. The van der Waals surface area contributed by atoms with E-state index in [1.807, 2.05) is 6.92 Å². The zero-order valence-corrected chi connectivity index (χ0v) is 13.2. The van der Waals surface area contributed by atoms with Crippen molar-refractivity contribution in [2.75, 3.05) is 26.8 Å². The van der Waals surface area contributed by atoms with Gasteiger partial charge >= 0.3 is 5.97 Å². The van der Waals surface area contributed by atoms with Crippen LogP contribution in [-0.4, -0.2) is 53.7 Å². The molecule has 0 saturated carbocycles. The second kappa shape index (κ2) is 7.83. The summed E-state index contributed by atoms with van der Waals surface area (Å²) in [5, 5.41) is 9.11. The fourth-order valence-corrected chi connectivity index (χ4v) is 2.31. The maximum atomic E-state index is 12.6. The van der Waals surface area contributed by atoms with Crippen LogP contribution >= 0.6 is 0 Å². The number of H-pyrrole nitrogens is 1. The molecule has 118 valence electrons. The minimum absolute atomic E-state index is 0.0853. The molecule has 1 aromatic rings. The number of aryl methyl sites for hydroxylation is 1. The van der Waals surface area contributed by atoms with Crippen LogP contribution in [0.1, 0.15) is 51.9 Å². The van der Waals surface area contributed by atoms with Crippen LogP contribution in [0.3, 0.4) is 0 Å². The van der Waals surface area contributed by atoms with E-state index in [0.29, 0.717) is 29.1 Å². The summed E-state index contributed by atoms with van der Waals surface area (Å²) >= 11 is 0. The highest BCUT2D eigenvalue weighted by Gasteiger charge is 2.25. The van der Waals surface area contributed by atoms with Crippen LogP contribution in [0.4, 0.5) is 0 Å². The predicted molar refractivity (Wildman–Crippen MR) is 79.5 cm³/mol. The van der Waals surface area contributed by atoms with Crippen molar-refractivity contribution < 1.29 is 19.4 Å². The number of aromatic nitrogens is 1. The van der Waals surface area contributed by atoms with Crippen molar-refractivity contribution in [3.63, 3.8) is 0 Å². The highest BCUT2D eigenvalue weighted by Crippen LogP contribution is 2.20. The molecule has 0 aliphatic heterocycles. The molecule has 0 aromatic carbocycles. The van der Waals surface area contributed by atoms with Gasteiger partial charge in [-0.1, -0.05) is 13.3 Å². The van der Waals surface area contributed by atoms with Crippen molar-refractivity contribution in [3.8, 4) is 0 Å². The van der Waals surface area contributed by atoms with Gasteiger partial charge in [-0.3, -0.25) is 4.79 Å². The second-order valence-electron chi connectivity index (χ2n) is 4.99. The largest absolute Gasteiger partial charge is 0.465 e. The second-order valence-corrected chi connectivity index (χ2v) is 4.99. The molecule has 1 rings (SSSR count). The van der Waals surface area contributed by atoms with Gasteiger partial charge in [0.15, 0.2) is 0 Å². The Kier molecular flexibility index (Phi) is 6.42. The molecule has 0 fully saturated rings. The average molecular weight is 296 g/mol. The highest BCUT2D eigenvalue weighted by molar-refractivity contribution is 6.00. The Hall–Kier alpha value is -1.82. The van der Waals surface area contributed by atoms with Crippen molar-refractivity contribution in [2.45, 2.75) is 33.6 Å². The molecule has 0 bridgehead atoms. The predicted octanol–water partition coefficient (Wildman–Crippen LogP) is 1.65. The number of carbonyl (C=O) groups is 2. The van der Waals surface area contributed by atoms with Gasteiger partial charge in [0.25, 0.3) is 5.91 Å². The van der Waals surface area contributed by atoms with Gasteiger partial charge in [0, 0.05) is 18.8 Å². The summed E-state index contributed by atoms with van der Waals surface area (Å²) in [6.45, 7) is 6.28. The normalized spacial score (nSPS) is 10.5. The Morgan fingerprint density at radius 2 is 1.95 bits per heavy atom. The van der Waals surface area contributed by atoms with E-state index in [9.17, 15) is 9.59 Å². The summed E-state index contributed by atoms with van der Waals surface area (Å²) in [5.74, 6) is -0.657. The summed E-state index contributed by atoms with van der Waals surface area (Å²) in [4.78, 5) is 28.9. The summed E-state index contributed by atoms with van der Waals surface area (Å²) in [6.07, 6.45) is 1.83. The quantitative estimate of drug-likeness (QED) is 0.750. The first-order valence-electron chi connectivity index (χ1n) is 7.15. The number of esters is 1. The van der Waals surface area contributed by atoms with E-state index in [-0.39, 0.29) is 19.1 Å². The number of rotatable bonds is 7. The van der Waals surface area contributed by atoms with Crippen LogP contribution in [0.15, 0.2) is 0 Å².